The van der Waals surface area contributed by atoms with Gasteiger partial charge in [0.2, 0.25) is 0 Å². The summed E-state index contributed by atoms with van der Waals surface area (Å²) >= 11 is 0. The number of benzene rings is 1. The second-order valence-electron chi connectivity index (χ2n) is 6.03. The van der Waals surface area contributed by atoms with Gasteiger partial charge in [-0.2, -0.15) is 10.2 Å². The molecule has 1 N–H and O–H groups in total. The summed E-state index contributed by atoms with van der Waals surface area (Å²) in [5, 5.41) is 11.6. The topological polar surface area (TPSA) is 64.7 Å². The third kappa shape index (κ3) is 3.37. The van der Waals surface area contributed by atoms with E-state index < -0.39 is 0 Å². The highest BCUT2D eigenvalue weighted by Gasteiger charge is 2.12. The molecular weight excluding hydrogens is 302 g/mol. The first-order chi connectivity index (χ1) is 11.4. The van der Waals surface area contributed by atoms with Crippen molar-refractivity contribution in [2.24, 2.45) is 7.05 Å². The minimum Gasteiger partial charge on any atom is -0.321 e. The highest BCUT2D eigenvalue weighted by molar-refractivity contribution is 6.03. The van der Waals surface area contributed by atoms with Crippen molar-refractivity contribution in [2.75, 3.05) is 5.32 Å². The van der Waals surface area contributed by atoms with Crippen LogP contribution < -0.4 is 5.32 Å². The molecular formula is C18H21N5O. The van der Waals surface area contributed by atoms with Gasteiger partial charge in [0.1, 0.15) is 5.69 Å². The van der Waals surface area contributed by atoms with Crippen LogP contribution in [0, 0.1) is 20.8 Å². The Hall–Kier alpha value is -2.89. The molecule has 6 nitrogen and oxygen atoms in total. The predicted octanol–water partition coefficient (Wildman–Crippen LogP) is 2.84. The molecule has 0 aliphatic carbocycles. The lowest BCUT2D eigenvalue weighted by Crippen LogP contribution is -2.16. The monoisotopic (exact) mass is 323 g/mol. The van der Waals surface area contributed by atoms with Crippen molar-refractivity contribution in [3.63, 3.8) is 0 Å². The van der Waals surface area contributed by atoms with Crippen LogP contribution in [-0.2, 0) is 13.6 Å². The Morgan fingerprint density at radius 3 is 2.46 bits per heavy atom. The highest BCUT2D eigenvalue weighted by atomic mass is 16.2. The van der Waals surface area contributed by atoms with Crippen molar-refractivity contribution in [3.8, 4) is 0 Å². The molecule has 0 saturated carbocycles. The molecule has 124 valence electrons. The summed E-state index contributed by atoms with van der Waals surface area (Å²) in [4.78, 5) is 12.4. The number of hydrogen-bond acceptors (Lipinski definition) is 3. The molecule has 0 aliphatic rings. The molecule has 1 amide bonds. The van der Waals surface area contributed by atoms with Crippen LogP contribution in [0.15, 0.2) is 36.4 Å². The van der Waals surface area contributed by atoms with Crippen molar-refractivity contribution in [3.05, 3.63) is 64.7 Å². The number of nitrogens with one attached hydrogen (secondary N) is 1. The lowest BCUT2D eigenvalue weighted by Gasteiger charge is -2.09. The Balaban J connectivity index is 1.77. The Morgan fingerprint density at radius 2 is 1.83 bits per heavy atom. The summed E-state index contributed by atoms with van der Waals surface area (Å²) in [5.41, 5.74) is 5.33. The summed E-state index contributed by atoms with van der Waals surface area (Å²) in [5.74, 6) is -0.165. The lowest BCUT2D eigenvalue weighted by atomic mass is 10.2. The normalized spacial score (nSPS) is 10.8. The number of anilines is 1. The molecule has 0 atom stereocenters. The summed E-state index contributed by atoms with van der Waals surface area (Å²) < 4.78 is 3.55. The van der Waals surface area contributed by atoms with Crippen molar-refractivity contribution in [2.45, 2.75) is 27.3 Å². The third-order valence-electron chi connectivity index (χ3n) is 3.86. The quantitative estimate of drug-likeness (QED) is 0.803. The van der Waals surface area contributed by atoms with Gasteiger partial charge in [0.25, 0.3) is 5.91 Å². The Morgan fingerprint density at radius 1 is 1.08 bits per heavy atom. The van der Waals surface area contributed by atoms with Crippen molar-refractivity contribution < 1.29 is 4.79 Å². The standard InChI is InChI=1S/C18H21N5O/c1-12-8-14(3)23(21-12)11-15-6-5-7-16(10-15)19-18(24)17-9-13(2)20-22(17)4/h5-10H,11H2,1-4H3,(H,19,24). The second kappa shape index (κ2) is 6.31. The number of aromatic nitrogens is 4. The van der Waals surface area contributed by atoms with Crippen LogP contribution in [-0.4, -0.2) is 25.5 Å². The molecule has 0 radical (unpaired) electrons. The van der Waals surface area contributed by atoms with Gasteiger partial charge in [0, 0.05) is 18.4 Å². The molecule has 0 saturated heterocycles. The van der Waals surface area contributed by atoms with E-state index in [0.717, 1.165) is 28.3 Å². The van der Waals surface area contributed by atoms with E-state index in [1.54, 1.807) is 17.8 Å². The Labute approximate surface area is 141 Å². The lowest BCUT2D eigenvalue weighted by molar-refractivity contribution is 0.101. The van der Waals surface area contributed by atoms with E-state index in [0.29, 0.717) is 12.2 Å². The summed E-state index contributed by atoms with van der Waals surface area (Å²) in [6.07, 6.45) is 0. The van der Waals surface area contributed by atoms with Crippen molar-refractivity contribution in [1.29, 1.82) is 0 Å². The maximum atomic E-state index is 12.4. The van der Waals surface area contributed by atoms with E-state index in [2.05, 4.69) is 21.6 Å². The molecule has 2 aromatic heterocycles. The van der Waals surface area contributed by atoms with E-state index in [-0.39, 0.29) is 5.91 Å². The van der Waals surface area contributed by atoms with Gasteiger partial charge in [-0.15, -0.1) is 0 Å². The Bertz CT molecular complexity index is 891. The van der Waals surface area contributed by atoms with Gasteiger partial charge >= 0.3 is 0 Å². The van der Waals surface area contributed by atoms with Crippen LogP contribution in [0.25, 0.3) is 0 Å². The number of carbonyl (C=O) groups excluding carboxylic acids is 1. The molecule has 3 rings (SSSR count). The largest absolute Gasteiger partial charge is 0.321 e. The zero-order chi connectivity index (χ0) is 17.3. The number of nitrogens with zero attached hydrogens (tertiary/aromatic N) is 4. The zero-order valence-electron chi connectivity index (χ0n) is 14.4. The fraction of sp³-hybridized carbons (Fsp3) is 0.278. The molecule has 6 heteroatoms. The fourth-order valence-electron chi connectivity index (χ4n) is 2.77. The average Bonchev–Trinajstić information content (AvgIpc) is 3.00. The van der Waals surface area contributed by atoms with Crippen LogP contribution >= 0.6 is 0 Å². The van der Waals surface area contributed by atoms with Gasteiger partial charge in [0.05, 0.1) is 17.9 Å². The van der Waals surface area contributed by atoms with Gasteiger partial charge in [-0.1, -0.05) is 12.1 Å². The maximum absolute atomic E-state index is 12.4. The fourth-order valence-corrected chi connectivity index (χ4v) is 2.77. The maximum Gasteiger partial charge on any atom is 0.273 e. The molecule has 1 aromatic carbocycles. The molecule has 24 heavy (non-hydrogen) atoms. The van der Waals surface area contributed by atoms with E-state index in [9.17, 15) is 4.79 Å². The van der Waals surface area contributed by atoms with E-state index in [1.807, 2.05) is 49.7 Å². The van der Waals surface area contributed by atoms with Crippen LogP contribution in [0.2, 0.25) is 0 Å². The first-order valence-electron chi connectivity index (χ1n) is 7.84. The summed E-state index contributed by atoms with van der Waals surface area (Å²) in [6.45, 7) is 6.56. The number of aryl methyl sites for hydroxylation is 4. The first-order valence-corrected chi connectivity index (χ1v) is 7.84. The average molecular weight is 323 g/mol. The highest BCUT2D eigenvalue weighted by Crippen LogP contribution is 2.15. The molecule has 0 spiro atoms. The molecule has 3 aromatic rings. The molecule has 0 aliphatic heterocycles. The smallest absolute Gasteiger partial charge is 0.273 e. The van der Waals surface area contributed by atoms with Gasteiger partial charge in [-0.05, 0) is 50.6 Å². The minimum absolute atomic E-state index is 0.165. The summed E-state index contributed by atoms with van der Waals surface area (Å²) in [7, 11) is 1.77. The number of rotatable bonds is 4. The van der Waals surface area contributed by atoms with E-state index in [4.69, 9.17) is 0 Å². The Kier molecular flexibility index (Phi) is 4.20. The van der Waals surface area contributed by atoms with E-state index in [1.165, 1.54) is 0 Å². The molecule has 0 unspecified atom stereocenters. The SMILES string of the molecule is Cc1cc(C(=O)Nc2cccc(Cn3nc(C)cc3C)c2)n(C)n1. The zero-order valence-corrected chi connectivity index (χ0v) is 14.4. The van der Waals surface area contributed by atoms with Crippen LogP contribution in [0.1, 0.15) is 33.1 Å². The van der Waals surface area contributed by atoms with Gasteiger partial charge in [0.15, 0.2) is 0 Å². The third-order valence-corrected chi connectivity index (χ3v) is 3.86. The van der Waals surface area contributed by atoms with Crippen LogP contribution in [0.5, 0.6) is 0 Å². The van der Waals surface area contributed by atoms with Crippen LogP contribution in [0.4, 0.5) is 5.69 Å². The molecule has 0 fully saturated rings. The van der Waals surface area contributed by atoms with Crippen molar-refractivity contribution in [1.82, 2.24) is 19.6 Å². The van der Waals surface area contributed by atoms with Crippen molar-refractivity contribution >= 4 is 11.6 Å². The van der Waals surface area contributed by atoms with Crippen LogP contribution in [0.3, 0.4) is 0 Å². The van der Waals surface area contributed by atoms with Gasteiger partial charge in [-0.3, -0.25) is 14.2 Å². The first kappa shape index (κ1) is 16.0. The molecule has 0 bridgehead atoms. The predicted molar refractivity (Wildman–Crippen MR) is 93.1 cm³/mol. The summed E-state index contributed by atoms with van der Waals surface area (Å²) in [6, 6.07) is 11.6. The number of carbonyl (C=O) groups is 1. The van der Waals surface area contributed by atoms with Gasteiger partial charge in [-0.25, -0.2) is 0 Å². The van der Waals surface area contributed by atoms with E-state index >= 15 is 0 Å². The number of hydrogen-bond donors (Lipinski definition) is 1. The second-order valence-corrected chi connectivity index (χ2v) is 6.03. The molecule has 2 heterocycles. The minimum atomic E-state index is -0.165. The number of amides is 1. The van der Waals surface area contributed by atoms with Gasteiger partial charge < -0.3 is 5.32 Å².